The van der Waals surface area contributed by atoms with Gasteiger partial charge in [0.2, 0.25) is 0 Å². The third-order valence-corrected chi connectivity index (χ3v) is 2.02. The number of pyridine rings is 1. The summed E-state index contributed by atoms with van der Waals surface area (Å²) < 4.78 is 1.60. The predicted octanol–water partition coefficient (Wildman–Crippen LogP) is 1.39. The molecule has 2 heterocycles. The molecule has 0 atom stereocenters. The lowest BCUT2D eigenvalue weighted by Crippen LogP contribution is -2.01. The molecule has 2 rings (SSSR count). The highest BCUT2D eigenvalue weighted by Gasteiger charge is 2.06. The fraction of sp³-hybridized carbons (Fsp3) is 0.100. The van der Waals surface area contributed by atoms with E-state index in [-0.39, 0.29) is 0 Å². The zero-order valence-corrected chi connectivity index (χ0v) is 7.71. The molecule has 2 aromatic rings. The lowest BCUT2D eigenvalue weighted by atomic mass is 10.3. The van der Waals surface area contributed by atoms with Gasteiger partial charge in [0.1, 0.15) is 5.69 Å². The molecule has 0 radical (unpaired) electrons. The normalized spacial score (nSPS) is 10.1. The smallest absolute Gasteiger partial charge is 0.168 e. The van der Waals surface area contributed by atoms with Crippen LogP contribution in [0.2, 0.25) is 0 Å². The molecule has 0 saturated heterocycles. The summed E-state index contributed by atoms with van der Waals surface area (Å²) in [6.07, 6.45) is 5.81. The summed E-state index contributed by atoms with van der Waals surface area (Å²) in [4.78, 5) is 14.7. The van der Waals surface area contributed by atoms with Crippen LogP contribution in [0.1, 0.15) is 16.1 Å². The van der Waals surface area contributed by atoms with Gasteiger partial charge in [0.15, 0.2) is 6.29 Å². The minimum Gasteiger partial charge on any atom is -0.296 e. The van der Waals surface area contributed by atoms with E-state index in [0.29, 0.717) is 5.69 Å². The first-order valence-corrected chi connectivity index (χ1v) is 4.23. The number of aromatic nitrogens is 3. The zero-order chi connectivity index (χ0) is 9.97. The van der Waals surface area contributed by atoms with Crippen LogP contribution in [0.15, 0.2) is 30.7 Å². The molecule has 0 saturated carbocycles. The topological polar surface area (TPSA) is 47.8 Å². The predicted molar refractivity (Wildman–Crippen MR) is 51.5 cm³/mol. The van der Waals surface area contributed by atoms with Crippen LogP contribution in [-0.2, 0) is 0 Å². The van der Waals surface area contributed by atoms with Gasteiger partial charge in [-0.2, -0.15) is 5.10 Å². The van der Waals surface area contributed by atoms with Crippen molar-refractivity contribution in [2.24, 2.45) is 0 Å². The number of carbonyl (C=O) groups excluding carboxylic acids is 1. The maximum absolute atomic E-state index is 10.8. The third kappa shape index (κ3) is 1.31. The molecule has 4 nitrogen and oxygen atoms in total. The number of carbonyl (C=O) groups is 1. The Balaban J connectivity index is 2.57. The van der Waals surface area contributed by atoms with Gasteiger partial charge < -0.3 is 0 Å². The summed E-state index contributed by atoms with van der Waals surface area (Å²) in [7, 11) is 0. The number of rotatable bonds is 2. The number of aldehydes is 1. The molecule has 0 bridgehead atoms. The summed E-state index contributed by atoms with van der Waals surface area (Å²) in [6, 6.07) is 3.61. The average molecular weight is 187 g/mol. The van der Waals surface area contributed by atoms with Gasteiger partial charge in [-0.3, -0.25) is 9.78 Å². The van der Waals surface area contributed by atoms with E-state index in [1.165, 1.54) is 0 Å². The Morgan fingerprint density at radius 3 is 2.71 bits per heavy atom. The van der Waals surface area contributed by atoms with Gasteiger partial charge in [-0.05, 0) is 24.6 Å². The van der Waals surface area contributed by atoms with Crippen LogP contribution < -0.4 is 0 Å². The maximum atomic E-state index is 10.8. The highest BCUT2D eigenvalue weighted by Crippen LogP contribution is 2.10. The Hall–Kier alpha value is -1.97. The summed E-state index contributed by atoms with van der Waals surface area (Å²) in [5.41, 5.74) is 2.29. The minimum atomic E-state index is 0.580. The fourth-order valence-electron chi connectivity index (χ4n) is 1.27. The van der Waals surface area contributed by atoms with E-state index in [1.807, 2.05) is 6.92 Å². The molecule has 0 aliphatic carbocycles. The van der Waals surface area contributed by atoms with Crippen molar-refractivity contribution < 1.29 is 4.79 Å². The number of nitrogens with zero attached hydrogens (tertiary/aromatic N) is 3. The second-order valence-corrected chi connectivity index (χ2v) is 2.95. The van der Waals surface area contributed by atoms with Crippen LogP contribution in [-0.4, -0.2) is 21.1 Å². The summed E-state index contributed by atoms with van der Waals surface area (Å²) in [5, 5.41) is 4.11. The molecule has 2 aromatic heterocycles. The van der Waals surface area contributed by atoms with Crippen LogP contribution in [0.4, 0.5) is 0 Å². The molecule has 0 unspecified atom stereocenters. The van der Waals surface area contributed by atoms with Crippen molar-refractivity contribution in [3.05, 3.63) is 42.0 Å². The molecule has 14 heavy (non-hydrogen) atoms. The lowest BCUT2D eigenvalue weighted by molar-refractivity contribution is 0.111. The Labute approximate surface area is 81.2 Å². The highest BCUT2D eigenvalue weighted by molar-refractivity contribution is 5.75. The molecule has 0 aromatic carbocycles. The van der Waals surface area contributed by atoms with Crippen LogP contribution in [0.25, 0.3) is 5.69 Å². The van der Waals surface area contributed by atoms with E-state index in [0.717, 1.165) is 17.5 Å². The van der Waals surface area contributed by atoms with Gasteiger partial charge in [0.25, 0.3) is 0 Å². The molecular weight excluding hydrogens is 178 g/mol. The maximum Gasteiger partial charge on any atom is 0.168 e. The molecule has 0 aliphatic heterocycles. The third-order valence-electron chi connectivity index (χ3n) is 2.02. The Kier molecular flexibility index (Phi) is 2.10. The van der Waals surface area contributed by atoms with Gasteiger partial charge in [0, 0.05) is 12.4 Å². The molecule has 0 aliphatic rings. The van der Waals surface area contributed by atoms with Crippen molar-refractivity contribution in [3.63, 3.8) is 0 Å². The van der Waals surface area contributed by atoms with E-state index >= 15 is 0 Å². The van der Waals surface area contributed by atoms with Crippen molar-refractivity contribution in [1.82, 2.24) is 14.8 Å². The zero-order valence-electron chi connectivity index (χ0n) is 7.71. The first-order chi connectivity index (χ1) is 6.83. The summed E-state index contributed by atoms with van der Waals surface area (Å²) in [5.74, 6) is 0. The molecule has 0 fully saturated rings. The first kappa shape index (κ1) is 8.62. The Morgan fingerprint density at radius 1 is 1.36 bits per heavy atom. The SMILES string of the molecule is Cc1cnn(-c2ccncc2)c1C=O. The summed E-state index contributed by atoms with van der Waals surface area (Å²) >= 11 is 0. The van der Waals surface area contributed by atoms with Gasteiger partial charge >= 0.3 is 0 Å². The standard InChI is InChI=1S/C10H9N3O/c1-8-6-12-13(10(8)7-14)9-2-4-11-5-3-9/h2-7H,1H3. The van der Waals surface area contributed by atoms with Crippen molar-refractivity contribution in [2.45, 2.75) is 6.92 Å². The van der Waals surface area contributed by atoms with E-state index in [4.69, 9.17) is 0 Å². The van der Waals surface area contributed by atoms with Gasteiger partial charge in [-0.25, -0.2) is 4.68 Å². The minimum absolute atomic E-state index is 0.580. The first-order valence-electron chi connectivity index (χ1n) is 4.23. The lowest BCUT2D eigenvalue weighted by Gasteiger charge is -2.02. The second kappa shape index (κ2) is 3.41. The monoisotopic (exact) mass is 187 g/mol. The van der Waals surface area contributed by atoms with E-state index in [9.17, 15) is 4.79 Å². The van der Waals surface area contributed by atoms with E-state index in [2.05, 4.69) is 10.1 Å². The van der Waals surface area contributed by atoms with E-state index < -0.39 is 0 Å². The van der Waals surface area contributed by atoms with Crippen LogP contribution >= 0.6 is 0 Å². The quantitative estimate of drug-likeness (QED) is 0.667. The highest BCUT2D eigenvalue weighted by atomic mass is 16.1. The van der Waals surface area contributed by atoms with E-state index in [1.54, 1.807) is 35.4 Å². The molecule has 0 N–H and O–H groups in total. The molecule has 70 valence electrons. The van der Waals surface area contributed by atoms with Crippen LogP contribution in [0.3, 0.4) is 0 Å². The van der Waals surface area contributed by atoms with Crippen molar-refractivity contribution in [3.8, 4) is 5.69 Å². The Morgan fingerprint density at radius 2 is 2.07 bits per heavy atom. The molecule has 0 amide bonds. The number of hydrogen-bond acceptors (Lipinski definition) is 3. The number of hydrogen-bond donors (Lipinski definition) is 0. The van der Waals surface area contributed by atoms with Crippen LogP contribution in [0, 0.1) is 6.92 Å². The second-order valence-electron chi connectivity index (χ2n) is 2.95. The molecule has 0 spiro atoms. The fourth-order valence-corrected chi connectivity index (χ4v) is 1.27. The van der Waals surface area contributed by atoms with Crippen molar-refractivity contribution in [1.29, 1.82) is 0 Å². The van der Waals surface area contributed by atoms with Gasteiger partial charge in [0.05, 0.1) is 11.9 Å². The number of aryl methyl sites for hydroxylation is 1. The summed E-state index contributed by atoms with van der Waals surface area (Å²) in [6.45, 7) is 1.86. The Bertz CT molecular complexity index is 448. The van der Waals surface area contributed by atoms with Crippen molar-refractivity contribution in [2.75, 3.05) is 0 Å². The van der Waals surface area contributed by atoms with Crippen molar-refractivity contribution >= 4 is 6.29 Å². The molecule has 4 heteroatoms. The van der Waals surface area contributed by atoms with Gasteiger partial charge in [-0.15, -0.1) is 0 Å². The average Bonchev–Trinajstić information content (AvgIpc) is 2.61. The van der Waals surface area contributed by atoms with Crippen LogP contribution in [0.5, 0.6) is 0 Å². The largest absolute Gasteiger partial charge is 0.296 e. The van der Waals surface area contributed by atoms with Gasteiger partial charge in [-0.1, -0.05) is 0 Å². The molecular formula is C10H9N3O.